The predicted molar refractivity (Wildman–Crippen MR) is 80.4 cm³/mol. The molecule has 0 aliphatic heterocycles. The summed E-state index contributed by atoms with van der Waals surface area (Å²) in [5, 5.41) is 6.70. The van der Waals surface area contributed by atoms with E-state index in [0.29, 0.717) is 18.1 Å². The molecule has 5 nitrogen and oxygen atoms in total. The van der Waals surface area contributed by atoms with Crippen molar-refractivity contribution in [2.45, 2.75) is 40.7 Å². The van der Waals surface area contributed by atoms with E-state index < -0.39 is 0 Å². The summed E-state index contributed by atoms with van der Waals surface area (Å²) in [5.41, 5.74) is 1.98. The molecule has 0 saturated heterocycles. The van der Waals surface area contributed by atoms with E-state index in [1.807, 2.05) is 52.0 Å². The minimum Gasteiger partial charge on any atom is -0.349 e. The average molecular weight is 287 g/mol. The van der Waals surface area contributed by atoms with Crippen molar-refractivity contribution in [2.75, 3.05) is 0 Å². The van der Waals surface area contributed by atoms with Gasteiger partial charge in [0.05, 0.1) is 6.54 Å². The van der Waals surface area contributed by atoms with Gasteiger partial charge in [-0.1, -0.05) is 43.6 Å². The third-order valence-corrected chi connectivity index (χ3v) is 2.87. The molecule has 1 aromatic carbocycles. The van der Waals surface area contributed by atoms with Crippen LogP contribution in [0.3, 0.4) is 0 Å². The number of aryl methyl sites for hydroxylation is 1. The van der Waals surface area contributed by atoms with E-state index in [0.717, 1.165) is 11.1 Å². The minimum atomic E-state index is -0.0337. The Labute approximate surface area is 124 Å². The van der Waals surface area contributed by atoms with E-state index in [2.05, 4.69) is 15.5 Å². The van der Waals surface area contributed by atoms with Crippen LogP contribution in [0.25, 0.3) is 11.5 Å². The summed E-state index contributed by atoms with van der Waals surface area (Å²) in [6, 6.07) is 7.85. The number of carbonyl (C=O) groups is 1. The van der Waals surface area contributed by atoms with Crippen LogP contribution in [0.2, 0.25) is 0 Å². The monoisotopic (exact) mass is 287 g/mol. The second kappa shape index (κ2) is 6.08. The van der Waals surface area contributed by atoms with Gasteiger partial charge in [0.15, 0.2) is 5.82 Å². The van der Waals surface area contributed by atoms with Crippen LogP contribution in [0.5, 0.6) is 0 Å². The first-order valence-electron chi connectivity index (χ1n) is 7.00. The summed E-state index contributed by atoms with van der Waals surface area (Å²) in [7, 11) is 0. The van der Waals surface area contributed by atoms with Crippen molar-refractivity contribution < 1.29 is 9.32 Å². The zero-order chi connectivity index (χ0) is 15.5. The van der Waals surface area contributed by atoms with Crippen molar-refractivity contribution in [3.05, 3.63) is 35.7 Å². The molecule has 0 radical (unpaired) electrons. The first kappa shape index (κ1) is 15.2. The van der Waals surface area contributed by atoms with Crippen molar-refractivity contribution in [2.24, 2.45) is 5.41 Å². The molecule has 0 aliphatic rings. The van der Waals surface area contributed by atoms with Gasteiger partial charge in [-0.15, -0.1) is 0 Å². The highest BCUT2D eigenvalue weighted by molar-refractivity contribution is 5.76. The van der Waals surface area contributed by atoms with Gasteiger partial charge in [-0.3, -0.25) is 4.79 Å². The Morgan fingerprint density at radius 1 is 1.33 bits per heavy atom. The lowest BCUT2D eigenvalue weighted by Crippen LogP contribution is -2.27. The quantitative estimate of drug-likeness (QED) is 0.938. The van der Waals surface area contributed by atoms with Gasteiger partial charge < -0.3 is 9.84 Å². The van der Waals surface area contributed by atoms with Gasteiger partial charge >= 0.3 is 0 Å². The first-order valence-corrected chi connectivity index (χ1v) is 7.00. The summed E-state index contributed by atoms with van der Waals surface area (Å²) < 4.78 is 5.23. The smallest absolute Gasteiger partial charge is 0.257 e. The molecule has 0 saturated carbocycles. The Morgan fingerprint density at radius 2 is 2.10 bits per heavy atom. The lowest BCUT2D eigenvalue weighted by molar-refractivity contribution is -0.123. The van der Waals surface area contributed by atoms with Crippen LogP contribution < -0.4 is 5.32 Å². The normalized spacial score (nSPS) is 11.4. The second-order valence-electron chi connectivity index (χ2n) is 6.40. The van der Waals surface area contributed by atoms with Crippen molar-refractivity contribution in [3.63, 3.8) is 0 Å². The number of benzene rings is 1. The fourth-order valence-corrected chi connectivity index (χ4v) is 1.94. The minimum absolute atomic E-state index is 0.00981. The Hall–Kier alpha value is -2.17. The molecule has 2 rings (SSSR count). The molecule has 5 heteroatoms. The molecule has 0 aliphatic carbocycles. The highest BCUT2D eigenvalue weighted by Gasteiger charge is 2.16. The van der Waals surface area contributed by atoms with Gasteiger partial charge in [0.25, 0.3) is 5.89 Å². The van der Waals surface area contributed by atoms with Crippen molar-refractivity contribution in [3.8, 4) is 11.5 Å². The van der Waals surface area contributed by atoms with Gasteiger partial charge in [0, 0.05) is 12.0 Å². The van der Waals surface area contributed by atoms with E-state index in [-0.39, 0.29) is 17.9 Å². The van der Waals surface area contributed by atoms with Gasteiger partial charge in [-0.25, -0.2) is 0 Å². The molecule has 0 spiro atoms. The molecule has 21 heavy (non-hydrogen) atoms. The van der Waals surface area contributed by atoms with Crippen LogP contribution in [-0.2, 0) is 11.3 Å². The van der Waals surface area contributed by atoms with E-state index in [4.69, 9.17) is 4.52 Å². The average Bonchev–Trinajstić information content (AvgIpc) is 2.83. The maximum Gasteiger partial charge on any atom is 0.257 e. The van der Waals surface area contributed by atoms with Gasteiger partial charge in [0.2, 0.25) is 5.91 Å². The molecular weight excluding hydrogens is 266 g/mol. The number of nitrogens with zero attached hydrogens (tertiary/aromatic N) is 2. The van der Waals surface area contributed by atoms with E-state index in [1.54, 1.807) is 0 Å². The fraction of sp³-hybridized carbons (Fsp3) is 0.438. The van der Waals surface area contributed by atoms with Crippen LogP contribution in [0.1, 0.15) is 38.6 Å². The Balaban J connectivity index is 1.96. The summed E-state index contributed by atoms with van der Waals surface area (Å²) in [4.78, 5) is 16.1. The molecular formula is C16H21N3O2. The van der Waals surface area contributed by atoms with Crippen LogP contribution in [0, 0.1) is 12.3 Å². The molecule has 0 atom stereocenters. The maximum absolute atomic E-state index is 11.8. The highest BCUT2D eigenvalue weighted by atomic mass is 16.5. The fourth-order valence-electron chi connectivity index (χ4n) is 1.94. The van der Waals surface area contributed by atoms with Gasteiger partial charge in [-0.2, -0.15) is 4.98 Å². The number of amides is 1. The summed E-state index contributed by atoms with van der Waals surface area (Å²) >= 11 is 0. The lowest BCUT2D eigenvalue weighted by atomic mass is 9.92. The molecule has 0 unspecified atom stereocenters. The number of carbonyl (C=O) groups excluding carboxylic acids is 1. The molecule has 2 aromatic rings. The van der Waals surface area contributed by atoms with E-state index in [9.17, 15) is 4.79 Å². The van der Waals surface area contributed by atoms with Crippen LogP contribution in [-0.4, -0.2) is 16.0 Å². The van der Waals surface area contributed by atoms with E-state index in [1.165, 1.54) is 0 Å². The Kier molecular flexibility index (Phi) is 4.40. The molecule has 1 N–H and O–H groups in total. The molecule has 1 amide bonds. The zero-order valence-corrected chi connectivity index (χ0v) is 12.9. The standard InChI is InChI=1S/C16H21N3O2/c1-11-6-5-7-12(8-11)15-18-13(19-21-15)10-17-14(20)9-16(2,3)4/h5-8H,9-10H2,1-4H3,(H,17,20). The highest BCUT2D eigenvalue weighted by Crippen LogP contribution is 2.19. The summed E-state index contributed by atoms with van der Waals surface area (Å²) in [6.07, 6.45) is 0.468. The molecule has 1 aromatic heterocycles. The lowest BCUT2D eigenvalue weighted by Gasteiger charge is -2.16. The number of rotatable bonds is 4. The number of nitrogens with one attached hydrogen (secondary N) is 1. The first-order chi connectivity index (χ1) is 9.83. The van der Waals surface area contributed by atoms with Gasteiger partial charge in [0.1, 0.15) is 0 Å². The van der Waals surface area contributed by atoms with Crippen molar-refractivity contribution in [1.82, 2.24) is 15.5 Å². The second-order valence-corrected chi connectivity index (χ2v) is 6.40. The van der Waals surface area contributed by atoms with Crippen LogP contribution in [0.4, 0.5) is 0 Å². The van der Waals surface area contributed by atoms with Crippen LogP contribution >= 0.6 is 0 Å². The van der Waals surface area contributed by atoms with E-state index >= 15 is 0 Å². The maximum atomic E-state index is 11.8. The number of hydrogen-bond donors (Lipinski definition) is 1. The molecule has 112 valence electrons. The third-order valence-electron chi connectivity index (χ3n) is 2.87. The zero-order valence-electron chi connectivity index (χ0n) is 12.9. The summed E-state index contributed by atoms with van der Waals surface area (Å²) in [6.45, 7) is 8.36. The Morgan fingerprint density at radius 3 is 2.76 bits per heavy atom. The molecule has 1 heterocycles. The number of hydrogen-bond acceptors (Lipinski definition) is 4. The Bertz CT molecular complexity index is 626. The van der Waals surface area contributed by atoms with Crippen molar-refractivity contribution >= 4 is 5.91 Å². The number of aromatic nitrogens is 2. The predicted octanol–water partition coefficient (Wildman–Crippen LogP) is 3.10. The topological polar surface area (TPSA) is 68.0 Å². The molecule has 0 fully saturated rings. The summed E-state index contributed by atoms with van der Waals surface area (Å²) in [5.74, 6) is 0.942. The van der Waals surface area contributed by atoms with Crippen LogP contribution in [0.15, 0.2) is 28.8 Å². The third kappa shape index (κ3) is 4.70. The SMILES string of the molecule is Cc1cccc(-c2nc(CNC(=O)CC(C)(C)C)no2)c1. The largest absolute Gasteiger partial charge is 0.349 e. The van der Waals surface area contributed by atoms with Gasteiger partial charge in [-0.05, 0) is 24.5 Å². The molecule has 0 bridgehead atoms. The van der Waals surface area contributed by atoms with Crippen molar-refractivity contribution in [1.29, 1.82) is 0 Å².